The van der Waals surface area contributed by atoms with E-state index in [1.807, 2.05) is 13.0 Å². The lowest BCUT2D eigenvalue weighted by atomic mass is 9.98. The molecule has 0 saturated heterocycles. The lowest BCUT2D eigenvalue weighted by Crippen LogP contribution is -2.37. The average Bonchev–Trinajstić information content (AvgIpc) is 2.73. The van der Waals surface area contributed by atoms with E-state index in [1.54, 1.807) is 6.07 Å². The van der Waals surface area contributed by atoms with Crippen LogP contribution < -0.4 is 10.5 Å². The Morgan fingerprint density at radius 1 is 1.33 bits per heavy atom. The second-order valence-corrected chi connectivity index (χ2v) is 8.55. The zero-order valence-corrected chi connectivity index (χ0v) is 15.1. The number of nitrogens with one attached hydrogen (secondary N) is 1. The van der Waals surface area contributed by atoms with Crippen molar-refractivity contribution < 1.29 is 8.42 Å². The molecule has 0 radical (unpaired) electrons. The molecule has 3 N–H and O–H groups in total. The van der Waals surface area contributed by atoms with E-state index in [2.05, 4.69) is 34.5 Å². The molecule has 1 aromatic rings. The van der Waals surface area contributed by atoms with Crippen molar-refractivity contribution in [1.29, 1.82) is 0 Å². The molecule has 4 nitrogen and oxygen atoms in total. The van der Waals surface area contributed by atoms with Gasteiger partial charge in [-0.2, -0.15) is 0 Å². The molecule has 0 spiro atoms. The minimum Gasteiger partial charge on any atom is -0.326 e. The molecular weight excluding hydrogens is 352 g/mol. The molecule has 2 rings (SSSR count). The van der Waals surface area contributed by atoms with Gasteiger partial charge in [-0.3, -0.25) is 0 Å². The van der Waals surface area contributed by atoms with E-state index in [0.29, 0.717) is 22.9 Å². The summed E-state index contributed by atoms with van der Waals surface area (Å²) in [6, 6.07) is 3.57. The summed E-state index contributed by atoms with van der Waals surface area (Å²) < 4.78 is 28.9. The minimum absolute atomic E-state index is 0.0127. The third-order valence-corrected chi connectivity index (χ3v) is 7.41. The first-order chi connectivity index (χ1) is 9.76. The zero-order chi connectivity index (χ0) is 15.8. The molecule has 1 aliphatic carbocycles. The first-order valence-corrected chi connectivity index (χ1v) is 9.55. The van der Waals surface area contributed by atoms with Crippen molar-refractivity contribution in [2.75, 3.05) is 0 Å². The summed E-state index contributed by atoms with van der Waals surface area (Å²) in [6.45, 7) is 6.49. The summed E-state index contributed by atoms with van der Waals surface area (Å²) in [4.78, 5) is 0.287. The number of rotatable bonds is 4. The van der Waals surface area contributed by atoms with Crippen molar-refractivity contribution in [3.05, 3.63) is 27.7 Å². The molecular formula is C15H23BrN2O2S. The van der Waals surface area contributed by atoms with Gasteiger partial charge < -0.3 is 5.73 Å². The van der Waals surface area contributed by atoms with Crippen LogP contribution in [0, 0.1) is 18.8 Å². The van der Waals surface area contributed by atoms with Crippen molar-refractivity contribution in [3.63, 3.8) is 0 Å². The van der Waals surface area contributed by atoms with Crippen LogP contribution >= 0.6 is 15.9 Å². The molecule has 0 aromatic heterocycles. The van der Waals surface area contributed by atoms with Gasteiger partial charge in [-0.1, -0.05) is 19.9 Å². The largest absolute Gasteiger partial charge is 0.326 e. The van der Waals surface area contributed by atoms with Crippen LogP contribution in [-0.4, -0.2) is 14.5 Å². The average molecular weight is 375 g/mol. The lowest BCUT2D eigenvalue weighted by Gasteiger charge is -2.20. The molecule has 1 fully saturated rings. The maximum atomic E-state index is 12.7. The molecule has 1 aliphatic rings. The molecule has 21 heavy (non-hydrogen) atoms. The summed E-state index contributed by atoms with van der Waals surface area (Å²) in [5, 5.41) is 0. The van der Waals surface area contributed by atoms with E-state index in [4.69, 9.17) is 5.73 Å². The molecule has 1 aromatic carbocycles. The van der Waals surface area contributed by atoms with Gasteiger partial charge in [0.15, 0.2) is 0 Å². The lowest BCUT2D eigenvalue weighted by molar-refractivity contribution is 0.402. The van der Waals surface area contributed by atoms with Gasteiger partial charge >= 0.3 is 0 Å². The highest BCUT2D eigenvalue weighted by Crippen LogP contribution is 2.33. The molecule has 118 valence electrons. The molecule has 0 heterocycles. The van der Waals surface area contributed by atoms with Gasteiger partial charge in [0, 0.05) is 17.1 Å². The third kappa shape index (κ3) is 3.50. The first-order valence-electron chi connectivity index (χ1n) is 7.27. The van der Waals surface area contributed by atoms with Crippen LogP contribution in [0.2, 0.25) is 0 Å². The molecule has 1 saturated carbocycles. The van der Waals surface area contributed by atoms with Crippen LogP contribution in [0.3, 0.4) is 0 Å². The van der Waals surface area contributed by atoms with Crippen molar-refractivity contribution in [2.24, 2.45) is 17.6 Å². The Balaban J connectivity index is 2.34. The van der Waals surface area contributed by atoms with E-state index >= 15 is 0 Å². The summed E-state index contributed by atoms with van der Waals surface area (Å²) in [5.74, 6) is 0.913. The quantitative estimate of drug-likeness (QED) is 0.850. The predicted molar refractivity (Wildman–Crippen MR) is 88.4 cm³/mol. The minimum atomic E-state index is -3.54. The summed E-state index contributed by atoms with van der Waals surface area (Å²) in [7, 11) is -3.54. The maximum Gasteiger partial charge on any atom is 0.241 e. The molecule has 0 aliphatic heterocycles. The van der Waals surface area contributed by atoms with Crippen LogP contribution in [0.5, 0.6) is 0 Å². The van der Waals surface area contributed by atoms with Crippen molar-refractivity contribution in [2.45, 2.75) is 51.1 Å². The SMILES string of the molecule is Cc1cc(CN)cc(S(=O)(=O)NC2CCC(C)C2C)c1Br. The van der Waals surface area contributed by atoms with Gasteiger partial charge in [-0.05, 0) is 64.7 Å². The van der Waals surface area contributed by atoms with Gasteiger partial charge in [-0.25, -0.2) is 13.1 Å². The normalized spacial score (nSPS) is 26.2. The second kappa shape index (κ2) is 6.36. The molecule has 6 heteroatoms. The molecule has 0 bridgehead atoms. The fourth-order valence-corrected chi connectivity index (χ4v) is 5.35. The first kappa shape index (κ1) is 16.9. The smallest absolute Gasteiger partial charge is 0.241 e. The molecule has 3 unspecified atom stereocenters. The Morgan fingerprint density at radius 2 is 2.00 bits per heavy atom. The van der Waals surface area contributed by atoms with E-state index in [1.165, 1.54) is 0 Å². The van der Waals surface area contributed by atoms with Gasteiger partial charge in [0.25, 0.3) is 0 Å². The standard InChI is InChI=1S/C15H23BrN2O2S/c1-9-4-5-13(11(9)3)18-21(19,20)14-7-12(8-17)6-10(2)15(14)16/h6-7,9,11,13,18H,4-5,8,17H2,1-3H3. The fourth-order valence-electron chi connectivity index (χ4n) is 2.92. The Bertz CT molecular complexity index is 631. The summed E-state index contributed by atoms with van der Waals surface area (Å²) >= 11 is 3.40. The van der Waals surface area contributed by atoms with Gasteiger partial charge in [-0.15, -0.1) is 0 Å². The highest BCUT2D eigenvalue weighted by atomic mass is 79.9. The summed E-state index contributed by atoms with van der Waals surface area (Å²) in [5.41, 5.74) is 7.36. The van der Waals surface area contributed by atoms with Crippen LogP contribution in [-0.2, 0) is 16.6 Å². The molecule has 0 amide bonds. The summed E-state index contributed by atoms with van der Waals surface area (Å²) in [6.07, 6.45) is 1.96. The van der Waals surface area contributed by atoms with Crippen LogP contribution in [0.1, 0.15) is 37.8 Å². The maximum absolute atomic E-state index is 12.7. The fraction of sp³-hybridized carbons (Fsp3) is 0.600. The van der Waals surface area contributed by atoms with Crippen molar-refractivity contribution >= 4 is 26.0 Å². The Labute approximate surface area is 135 Å². The highest BCUT2D eigenvalue weighted by Gasteiger charge is 2.33. The Hall–Kier alpha value is -0.430. The Morgan fingerprint density at radius 3 is 2.52 bits per heavy atom. The number of aryl methyl sites for hydroxylation is 1. The number of hydrogen-bond acceptors (Lipinski definition) is 3. The topological polar surface area (TPSA) is 72.2 Å². The van der Waals surface area contributed by atoms with E-state index in [0.717, 1.165) is 24.0 Å². The van der Waals surface area contributed by atoms with Crippen molar-refractivity contribution in [1.82, 2.24) is 4.72 Å². The predicted octanol–water partition coefficient (Wildman–Crippen LogP) is 2.93. The number of sulfonamides is 1. The molecule has 3 atom stereocenters. The van der Waals surface area contributed by atoms with Gasteiger partial charge in [0.2, 0.25) is 10.0 Å². The van der Waals surface area contributed by atoms with E-state index in [-0.39, 0.29) is 10.9 Å². The number of nitrogens with two attached hydrogens (primary N) is 1. The third-order valence-electron chi connectivity index (χ3n) is 4.58. The van der Waals surface area contributed by atoms with Gasteiger partial charge in [0.05, 0.1) is 4.90 Å². The van der Waals surface area contributed by atoms with E-state index < -0.39 is 10.0 Å². The van der Waals surface area contributed by atoms with Crippen molar-refractivity contribution in [3.8, 4) is 0 Å². The van der Waals surface area contributed by atoms with Crippen LogP contribution in [0.25, 0.3) is 0 Å². The number of hydrogen-bond donors (Lipinski definition) is 2. The zero-order valence-electron chi connectivity index (χ0n) is 12.7. The number of benzene rings is 1. The highest BCUT2D eigenvalue weighted by molar-refractivity contribution is 9.10. The van der Waals surface area contributed by atoms with Crippen LogP contribution in [0.15, 0.2) is 21.5 Å². The Kier molecular flexibility index (Phi) is 5.13. The number of halogens is 1. The van der Waals surface area contributed by atoms with Gasteiger partial charge in [0.1, 0.15) is 0 Å². The van der Waals surface area contributed by atoms with Crippen LogP contribution in [0.4, 0.5) is 0 Å². The second-order valence-electron chi connectivity index (χ2n) is 6.07. The monoisotopic (exact) mass is 374 g/mol. The van der Waals surface area contributed by atoms with E-state index in [9.17, 15) is 8.42 Å².